The van der Waals surface area contributed by atoms with Crippen LogP contribution >= 0.6 is 11.8 Å². The van der Waals surface area contributed by atoms with Crippen LogP contribution in [0.15, 0.2) is 53.4 Å². The SMILES string of the molecule is CCOC(=O)Nc1cccc(C(=O)N(C)Cc2ccc(SC)cc2)c1. The number of carbonyl (C=O) groups is 2. The molecule has 1 N–H and O–H groups in total. The molecule has 5 nitrogen and oxygen atoms in total. The van der Waals surface area contributed by atoms with Crippen molar-refractivity contribution in [2.24, 2.45) is 0 Å². The molecule has 0 radical (unpaired) electrons. The Labute approximate surface area is 152 Å². The molecular formula is C19H22N2O3S. The van der Waals surface area contributed by atoms with Crippen molar-refractivity contribution < 1.29 is 14.3 Å². The number of amides is 2. The molecule has 0 unspecified atom stereocenters. The highest BCUT2D eigenvalue weighted by atomic mass is 32.2. The predicted molar refractivity (Wildman–Crippen MR) is 101 cm³/mol. The molecule has 0 aromatic heterocycles. The second-order valence-corrected chi connectivity index (χ2v) is 6.32. The molecule has 25 heavy (non-hydrogen) atoms. The molecule has 2 aromatic rings. The third-order valence-corrected chi connectivity index (χ3v) is 4.30. The van der Waals surface area contributed by atoms with Gasteiger partial charge in [-0.1, -0.05) is 18.2 Å². The summed E-state index contributed by atoms with van der Waals surface area (Å²) in [5, 5.41) is 2.61. The molecular weight excluding hydrogens is 336 g/mol. The zero-order valence-electron chi connectivity index (χ0n) is 14.6. The maximum absolute atomic E-state index is 12.6. The number of nitrogens with one attached hydrogen (secondary N) is 1. The van der Waals surface area contributed by atoms with Gasteiger partial charge >= 0.3 is 6.09 Å². The van der Waals surface area contributed by atoms with E-state index < -0.39 is 6.09 Å². The first-order chi connectivity index (χ1) is 12.0. The van der Waals surface area contributed by atoms with Gasteiger partial charge in [0.1, 0.15) is 0 Å². The van der Waals surface area contributed by atoms with Gasteiger partial charge in [0.25, 0.3) is 5.91 Å². The number of anilines is 1. The Bertz CT molecular complexity index is 732. The maximum atomic E-state index is 12.6. The summed E-state index contributed by atoms with van der Waals surface area (Å²) in [6, 6.07) is 15.0. The van der Waals surface area contributed by atoms with Gasteiger partial charge in [-0.2, -0.15) is 0 Å². The molecule has 6 heteroatoms. The Hall–Kier alpha value is -2.47. The zero-order chi connectivity index (χ0) is 18.2. The van der Waals surface area contributed by atoms with Gasteiger partial charge < -0.3 is 9.64 Å². The summed E-state index contributed by atoms with van der Waals surface area (Å²) < 4.78 is 4.84. The number of nitrogens with zero attached hydrogens (tertiary/aromatic N) is 1. The molecule has 2 rings (SSSR count). The van der Waals surface area contributed by atoms with Crippen molar-refractivity contribution >= 4 is 29.4 Å². The lowest BCUT2D eigenvalue weighted by Crippen LogP contribution is -2.26. The van der Waals surface area contributed by atoms with Crippen LogP contribution in [0.2, 0.25) is 0 Å². The highest BCUT2D eigenvalue weighted by Gasteiger charge is 2.13. The molecule has 2 amide bonds. The number of ether oxygens (including phenoxy) is 1. The quantitative estimate of drug-likeness (QED) is 0.784. The normalized spacial score (nSPS) is 10.2. The standard InChI is InChI=1S/C19H22N2O3S/c1-4-24-19(23)20-16-7-5-6-15(12-16)18(22)21(2)13-14-8-10-17(25-3)11-9-14/h5-12H,4,13H2,1-3H3,(H,20,23). The van der Waals surface area contributed by atoms with Crippen LogP contribution in [-0.4, -0.2) is 36.8 Å². The van der Waals surface area contributed by atoms with E-state index in [1.54, 1.807) is 54.9 Å². The van der Waals surface area contributed by atoms with Crippen LogP contribution in [0.4, 0.5) is 10.5 Å². The third-order valence-electron chi connectivity index (χ3n) is 3.56. The Balaban J connectivity index is 2.04. The maximum Gasteiger partial charge on any atom is 0.411 e. The van der Waals surface area contributed by atoms with Crippen molar-refractivity contribution in [2.75, 3.05) is 25.2 Å². The van der Waals surface area contributed by atoms with E-state index in [1.165, 1.54) is 4.90 Å². The largest absolute Gasteiger partial charge is 0.450 e. The van der Waals surface area contributed by atoms with E-state index in [1.807, 2.05) is 30.5 Å². The van der Waals surface area contributed by atoms with Gasteiger partial charge in [0.05, 0.1) is 6.61 Å². The van der Waals surface area contributed by atoms with Gasteiger partial charge in [-0.15, -0.1) is 11.8 Å². The monoisotopic (exact) mass is 358 g/mol. The van der Waals surface area contributed by atoms with Gasteiger partial charge in [0.2, 0.25) is 0 Å². The summed E-state index contributed by atoms with van der Waals surface area (Å²) in [5.74, 6) is -0.110. The first kappa shape index (κ1) is 18.9. The fourth-order valence-corrected chi connectivity index (χ4v) is 2.72. The topological polar surface area (TPSA) is 58.6 Å². The molecule has 0 aliphatic rings. The van der Waals surface area contributed by atoms with Crippen molar-refractivity contribution in [3.8, 4) is 0 Å². The van der Waals surface area contributed by atoms with E-state index in [9.17, 15) is 9.59 Å². The molecule has 0 spiro atoms. The van der Waals surface area contributed by atoms with E-state index in [-0.39, 0.29) is 5.91 Å². The summed E-state index contributed by atoms with van der Waals surface area (Å²) in [6.07, 6.45) is 1.50. The fraction of sp³-hybridized carbons (Fsp3) is 0.263. The average Bonchev–Trinajstić information content (AvgIpc) is 2.62. The van der Waals surface area contributed by atoms with Crippen LogP contribution in [0.3, 0.4) is 0 Å². The lowest BCUT2D eigenvalue weighted by molar-refractivity contribution is 0.0785. The number of rotatable bonds is 6. The number of hydrogen-bond donors (Lipinski definition) is 1. The van der Waals surface area contributed by atoms with E-state index in [4.69, 9.17) is 4.74 Å². The zero-order valence-corrected chi connectivity index (χ0v) is 15.4. The highest BCUT2D eigenvalue weighted by molar-refractivity contribution is 7.98. The summed E-state index contributed by atoms with van der Waals surface area (Å²) in [5.41, 5.74) is 2.11. The highest BCUT2D eigenvalue weighted by Crippen LogP contribution is 2.17. The number of carbonyl (C=O) groups excluding carboxylic acids is 2. The molecule has 0 saturated carbocycles. The van der Waals surface area contributed by atoms with Gasteiger partial charge in [-0.05, 0) is 49.1 Å². The second kappa shape index (κ2) is 9.13. The molecule has 0 bridgehead atoms. The Morgan fingerprint density at radius 3 is 2.52 bits per heavy atom. The molecule has 132 valence electrons. The van der Waals surface area contributed by atoms with Crippen LogP contribution in [0.5, 0.6) is 0 Å². The lowest BCUT2D eigenvalue weighted by Gasteiger charge is -2.18. The van der Waals surface area contributed by atoms with Crippen molar-refractivity contribution in [1.29, 1.82) is 0 Å². The van der Waals surface area contributed by atoms with E-state index in [2.05, 4.69) is 5.32 Å². The average molecular weight is 358 g/mol. The number of thioether (sulfide) groups is 1. The van der Waals surface area contributed by atoms with E-state index >= 15 is 0 Å². The van der Waals surface area contributed by atoms with Crippen LogP contribution < -0.4 is 5.32 Å². The number of hydrogen-bond acceptors (Lipinski definition) is 4. The van der Waals surface area contributed by atoms with Crippen molar-refractivity contribution in [3.63, 3.8) is 0 Å². The Morgan fingerprint density at radius 1 is 1.16 bits per heavy atom. The minimum absolute atomic E-state index is 0.110. The third kappa shape index (κ3) is 5.53. The molecule has 0 atom stereocenters. The van der Waals surface area contributed by atoms with Crippen molar-refractivity contribution in [1.82, 2.24) is 4.90 Å². The van der Waals surface area contributed by atoms with Crippen LogP contribution in [0.25, 0.3) is 0 Å². The summed E-state index contributed by atoms with van der Waals surface area (Å²) in [7, 11) is 1.76. The molecule has 0 saturated heterocycles. The van der Waals surface area contributed by atoms with Crippen LogP contribution in [0, 0.1) is 0 Å². The fourth-order valence-electron chi connectivity index (χ4n) is 2.31. The molecule has 0 aliphatic carbocycles. The Morgan fingerprint density at radius 2 is 1.88 bits per heavy atom. The van der Waals surface area contributed by atoms with Crippen molar-refractivity contribution in [3.05, 3.63) is 59.7 Å². The van der Waals surface area contributed by atoms with Crippen LogP contribution in [-0.2, 0) is 11.3 Å². The number of benzene rings is 2. The smallest absolute Gasteiger partial charge is 0.411 e. The van der Waals surface area contributed by atoms with E-state index in [0.29, 0.717) is 24.4 Å². The van der Waals surface area contributed by atoms with Gasteiger partial charge in [-0.25, -0.2) is 4.79 Å². The van der Waals surface area contributed by atoms with Crippen LogP contribution in [0.1, 0.15) is 22.8 Å². The van der Waals surface area contributed by atoms with Gasteiger partial charge in [-0.3, -0.25) is 10.1 Å². The van der Waals surface area contributed by atoms with Crippen molar-refractivity contribution in [2.45, 2.75) is 18.4 Å². The minimum atomic E-state index is -0.533. The van der Waals surface area contributed by atoms with E-state index in [0.717, 1.165) is 5.56 Å². The summed E-state index contributed by atoms with van der Waals surface area (Å²) in [4.78, 5) is 26.9. The van der Waals surface area contributed by atoms with Gasteiger partial charge in [0.15, 0.2) is 0 Å². The second-order valence-electron chi connectivity index (χ2n) is 5.44. The first-order valence-electron chi connectivity index (χ1n) is 7.95. The molecule has 0 aliphatic heterocycles. The lowest BCUT2D eigenvalue weighted by atomic mass is 10.1. The predicted octanol–water partition coefficient (Wildman–Crippen LogP) is 4.25. The summed E-state index contributed by atoms with van der Waals surface area (Å²) in [6.45, 7) is 2.55. The molecule has 0 fully saturated rings. The summed E-state index contributed by atoms with van der Waals surface area (Å²) >= 11 is 1.68. The van der Waals surface area contributed by atoms with Gasteiger partial charge in [0, 0.05) is 29.7 Å². The molecule has 0 heterocycles. The first-order valence-corrected chi connectivity index (χ1v) is 9.18. The Kier molecular flexibility index (Phi) is 6.89. The minimum Gasteiger partial charge on any atom is -0.450 e. The molecule has 2 aromatic carbocycles.